The van der Waals surface area contributed by atoms with Crippen molar-refractivity contribution in [3.8, 4) is 0 Å². The van der Waals surface area contributed by atoms with Crippen LogP contribution in [0.2, 0.25) is 0 Å². The van der Waals surface area contributed by atoms with E-state index in [1.807, 2.05) is 13.8 Å². The van der Waals surface area contributed by atoms with Crippen LogP contribution in [0.4, 0.5) is 0 Å². The highest BCUT2D eigenvalue weighted by molar-refractivity contribution is 5.80. The van der Waals surface area contributed by atoms with Crippen LogP contribution < -0.4 is 5.32 Å². The predicted octanol–water partition coefficient (Wildman–Crippen LogP) is 2.57. The molecule has 1 N–H and O–H groups in total. The van der Waals surface area contributed by atoms with Crippen LogP contribution in [0.15, 0.2) is 0 Å². The van der Waals surface area contributed by atoms with E-state index < -0.39 is 5.54 Å². The average molecular weight is 284 g/mol. The van der Waals surface area contributed by atoms with Crippen molar-refractivity contribution in [1.82, 2.24) is 10.2 Å². The van der Waals surface area contributed by atoms with Crippen molar-refractivity contribution >= 4 is 5.97 Å². The molecule has 4 heteroatoms. The summed E-state index contributed by atoms with van der Waals surface area (Å²) in [5.74, 6) is -0.150. The number of carbonyl (C=O) groups is 1. The number of unbranched alkanes of at least 4 members (excludes halogenated alkanes) is 1. The Balaban J connectivity index is 2.28. The molecular weight excluding hydrogens is 252 g/mol. The van der Waals surface area contributed by atoms with Crippen molar-refractivity contribution in [2.24, 2.45) is 0 Å². The Morgan fingerprint density at radius 1 is 1.35 bits per heavy atom. The standard InChI is InChI=1S/C16H32N2O2/c1-5-17-16(2,15(19)20-4)12-8-9-13-18(3)14-10-6-7-11-14/h14,17H,5-13H2,1-4H3. The molecule has 1 rings (SSSR count). The fourth-order valence-corrected chi connectivity index (χ4v) is 3.25. The normalized spacial score (nSPS) is 19.2. The Kier molecular flexibility index (Phi) is 7.52. The zero-order valence-corrected chi connectivity index (χ0v) is 13.7. The minimum Gasteiger partial charge on any atom is -0.468 e. The summed E-state index contributed by atoms with van der Waals surface area (Å²) in [4.78, 5) is 14.4. The summed E-state index contributed by atoms with van der Waals surface area (Å²) in [6.45, 7) is 5.89. The Bertz CT molecular complexity index is 290. The first-order chi connectivity index (χ1) is 9.53. The highest BCUT2D eigenvalue weighted by Gasteiger charge is 2.32. The fourth-order valence-electron chi connectivity index (χ4n) is 3.25. The average Bonchev–Trinajstić information content (AvgIpc) is 2.97. The molecule has 0 saturated heterocycles. The summed E-state index contributed by atoms with van der Waals surface area (Å²) in [6.07, 6.45) is 8.51. The van der Waals surface area contributed by atoms with E-state index in [1.165, 1.54) is 32.8 Å². The zero-order chi connectivity index (χ0) is 15.0. The maximum atomic E-state index is 11.9. The number of nitrogens with one attached hydrogen (secondary N) is 1. The molecule has 1 aliphatic rings. The lowest BCUT2D eigenvalue weighted by Gasteiger charge is -2.28. The van der Waals surface area contributed by atoms with Crippen LogP contribution in [0.1, 0.15) is 58.8 Å². The zero-order valence-electron chi connectivity index (χ0n) is 13.7. The molecule has 1 saturated carbocycles. The second kappa shape index (κ2) is 8.63. The maximum absolute atomic E-state index is 11.9. The van der Waals surface area contributed by atoms with Crippen LogP contribution in [0.3, 0.4) is 0 Å². The van der Waals surface area contributed by atoms with Crippen LogP contribution in [-0.2, 0) is 9.53 Å². The fraction of sp³-hybridized carbons (Fsp3) is 0.938. The summed E-state index contributed by atoms with van der Waals surface area (Å²) in [7, 11) is 3.70. The van der Waals surface area contributed by atoms with Gasteiger partial charge in [-0.15, -0.1) is 0 Å². The van der Waals surface area contributed by atoms with Gasteiger partial charge in [0.15, 0.2) is 0 Å². The molecule has 118 valence electrons. The number of rotatable bonds is 9. The minimum absolute atomic E-state index is 0.150. The second-order valence-corrected chi connectivity index (χ2v) is 6.23. The molecule has 20 heavy (non-hydrogen) atoms. The first-order valence-corrected chi connectivity index (χ1v) is 8.07. The molecule has 0 aliphatic heterocycles. The number of hydrogen-bond acceptors (Lipinski definition) is 4. The lowest BCUT2D eigenvalue weighted by molar-refractivity contribution is -0.148. The van der Waals surface area contributed by atoms with Gasteiger partial charge in [0.05, 0.1) is 7.11 Å². The number of likely N-dealkylation sites (N-methyl/N-ethyl adjacent to an activating group) is 1. The minimum atomic E-state index is -0.532. The van der Waals surface area contributed by atoms with Gasteiger partial charge in [-0.1, -0.05) is 19.8 Å². The molecule has 0 bridgehead atoms. The number of carbonyl (C=O) groups excluding carboxylic acids is 1. The first kappa shape index (κ1) is 17.4. The van der Waals surface area contributed by atoms with Crippen LogP contribution in [0.5, 0.6) is 0 Å². The van der Waals surface area contributed by atoms with E-state index in [9.17, 15) is 4.79 Å². The predicted molar refractivity (Wildman–Crippen MR) is 82.8 cm³/mol. The number of esters is 1. The Labute approximate surface area is 124 Å². The van der Waals surface area contributed by atoms with E-state index in [1.54, 1.807) is 0 Å². The highest BCUT2D eigenvalue weighted by Crippen LogP contribution is 2.23. The van der Waals surface area contributed by atoms with Crippen LogP contribution in [0, 0.1) is 0 Å². The molecule has 0 aromatic rings. The molecule has 0 aromatic heterocycles. The van der Waals surface area contributed by atoms with Crippen molar-refractivity contribution < 1.29 is 9.53 Å². The van der Waals surface area contributed by atoms with E-state index >= 15 is 0 Å². The Hall–Kier alpha value is -0.610. The van der Waals surface area contributed by atoms with E-state index in [4.69, 9.17) is 4.74 Å². The van der Waals surface area contributed by atoms with E-state index in [2.05, 4.69) is 17.3 Å². The van der Waals surface area contributed by atoms with Gasteiger partial charge in [-0.2, -0.15) is 0 Å². The molecule has 1 aliphatic carbocycles. The van der Waals surface area contributed by atoms with Gasteiger partial charge in [0.2, 0.25) is 0 Å². The summed E-state index contributed by atoms with van der Waals surface area (Å²) in [6, 6.07) is 0.788. The monoisotopic (exact) mass is 284 g/mol. The van der Waals surface area contributed by atoms with Crippen molar-refractivity contribution in [2.75, 3.05) is 27.2 Å². The Morgan fingerprint density at radius 3 is 2.55 bits per heavy atom. The lowest BCUT2D eigenvalue weighted by Crippen LogP contribution is -2.50. The quantitative estimate of drug-likeness (QED) is 0.522. The number of nitrogens with zero attached hydrogens (tertiary/aromatic N) is 1. The van der Waals surface area contributed by atoms with Crippen molar-refractivity contribution in [2.45, 2.75) is 70.4 Å². The van der Waals surface area contributed by atoms with Crippen molar-refractivity contribution in [1.29, 1.82) is 0 Å². The van der Waals surface area contributed by atoms with Crippen LogP contribution in [-0.4, -0.2) is 49.7 Å². The molecule has 0 amide bonds. The third-order valence-electron chi connectivity index (χ3n) is 4.59. The van der Waals surface area contributed by atoms with Gasteiger partial charge in [-0.05, 0) is 59.2 Å². The van der Waals surface area contributed by atoms with E-state index in [0.717, 1.165) is 38.4 Å². The Morgan fingerprint density at radius 2 is 2.00 bits per heavy atom. The molecule has 1 atom stereocenters. The number of hydrogen-bond donors (Lipinski definition) is 1. The van der Waals surface area contributed by atoms with E-state index in [-0.39, 0.29) is 5.97 Å². The molecule has 0 heterocycles. The van der Waals surface area contributed by atoms with Crippen LogP contribution >= 0.6 is 0 Å². The van der Waals surface area contributed by atoms with E-state index in [0.29, 0.717) is 0 Å². The molecule has 1 fully saturated rings. The summed E-state index contributed by atoms with van der Waals surface area (Å²) >= 11 is 0. The van der Waals surface area contributed by atoms with Gasteiger partial charge in [0.1, 0.15) is 5.54 Å². The van der Waals surface area contributed by atoms with Gasteiger partial charge in [-0.3, -0.25) is 4.79 Å². The van der Waals surface area contributed by atoms with Gasteiger partial charge in [0, 0.05) is 6.04 Å². The SMILES string of the molecule is CCNC(C)(CCCCN(C)C1CCCC1)C(=O)OC. The number of methoxy groups -OCH3 is 1. The highest BCUT2D eigenvalue weighted by atomic mass is 16.5. The largest absolute Gasteiger partial charge is 0.468 e. The smallest absolute Gasteiger partial charge is 0.325 e. The number of ether oxygens (including phenoxy) is 1. The molecule has 0 spiro atoms. The lowest BCUT2D eigenvalue weighted by atomic mass is 9.94. The first-order valence-electron chi connectivity index (χ1n) is 8.07. The molecular formula is C16H32N2O2. The molecule has 1 unspecified atom stereocenters. The topological polar surface area (TPSA) is 41.6 Å². The summed E-state index contributed by atoms with van der Waals surface area (Å²) < 4.78 is 4.92. The third-order valence-corrected chi connectivity index (χ3v) is 4.59. The maximum Gasteiger partial charge on any atom is 0.325 e. The molecule has 0 aromatic carbocycles. The summed E-state index contributed by atoms with van der Waals surface area (Å²) in [5, 5.41) is 3.26. The third kappa shape index (κ3) is 5.06. The van der Waals surface area contributed by atoms with Crippen LogP contribution in [0.25, 0.3) is 0 Å². The van der Waals surface area contributed by atoms with Crippen molar-refractivity contribution in [3.05, 3.63) is 0 Å². The van der Waals surface area contributed by atoms with Crippen molar-refractivity contribution in [3.63, 3.8) is 0 Å². The molecule has 0 radical (unpaired) electrons. The second-order valence-electron chi connectivity index (χ2n) is 6.23. The molecule has 4 nitrogen and oxygen atoms in total. The van der Waals surface area contributed by atoms with Gasteiger partial charge in [-0.25, -0.2) is 0 Å². The van der Waals surface area contributed by atoms with Gasteiger partial charge in [0.25, 0.3) is 0 Å². The van der Waals surface area contributed by atoms with Gasteiger partial charge < -0.3 is 15.0 Å². The summed E-state index contributed by atoms with van der Waals surface area (Å²) in [5.41, 5.74) is -0.532. The van der Waals surface area contributed by atoms with Gasteiger partial charge >= 0.3 is 5.97 Å².